The van der Waals surface area contributed by atoms with E-state index in [0.29, 0.717) is 11.6 Å². The van der Waals surface area contributed by atoms with E-state index in [1.165, 1.54) is 0 Å². The fourth-order valence-corrected chi connectivity index (χ4v) is 1.45. The minimum absolute atomic E-state index is 0.372. The smallest absolute Gasteiger partial charge is 0.144 e. The summed E-state index contributed by atoms with van der Waals surface area (Å²) in [4.78, 5) is 8.35. The van der Waals surface area contributed by atoms with Gasteiger partial charge in [-0.15, -0.1) is 0 Å². The zero-order valence-corrected chi connectivity index (χ0v) is 10.1. The first-order chi connectivity index (χ1) is 8.28. The molecule has 0 saturated carbocycles. The number of aromatic nitrogens is 2. The van der Waals surface area contributed by atoms with Crippen LogP contribution in [-0.2, 0) is 6.61 Å². The molecule has 4 nitrogen and oxygen atoms in total. The summed E-state index contributed by atoms with van der Waals surface area (Å²) in [5.74, 6) is 1.45. The van der Waals surface area contributed by atoms with Crippen molar-refractivity contribution in [1.29, 1.82) is 0 Å². The van der Waals surface area contributed by atoms with Crippen LogP contribution < -0.4 is 10.1 Å². The van der Waals surface area contributed by atoms with Crippen LogP contribution in [0.25, 0.3) is 0 Å². The van der Waals surface area contributed by atoms with E-state index in [2.05, 4.69) is 15.3 Å². The highest BCUT2D eigenvalue weighted by Gasteiger charge is 1.99. The van der Waals surface area contributed by atoms with Crippen molar-refractivity contribution >= 4 is 17.4 Å². The van der Waals surface area contributed by atoms with E-state index in [1.54, 1.807) is 31.6 Å². The van der Waals surface area contributed by atoms with Gasteiger partial charge in [-0.3, -0.25) is 4.98 Å². The van der Waals surface area contributed by atoms with Crippen molar-refractivity contribution < 1.29 is 4.74 Å². The highest BCUT2D eigenvalue weighted by molar-refractivity contribution is 6.30. The number of halogens is 1. The molecular weight excluding hydrogens is 238 g/mol. The number of nitrogens with one attached hydrogen (secondary N) is 1. The second-order valence-electron chi connectivity index (χ2n) is 3.39. The van der Waals surface area contributed by atoms with E-state index in [9.17, 15) is 0 Å². The molecular formula is C12H12ClN3O. The van der Waals surface area contributed by atoms with E-state index in [4.69, 9.17) is 16.3 Å². The standard InChI is InChI=1S/C12H12ClN3O/c1-14-12-7-15-10(6-16-12)8-17-11-4-2-3-9(13)5-11/h2-7H,8H2,1H3,(H,14,16). The van der Waals surface area contributed by atoms with Gasteiger partial charge in [-0.1, -0.05) is 17.7 Å². The van der Waals surface area contributed by atoms with Crippen molar-refractivity contribution in [3.8, 4) is 5.75 Å². The van der Waals surface area contributed by atoms with Crippen LogP contribution in [0.1, 0.15) is 5.69 Å². The third-order valence-electron chi connectivity index (χ3n) is 2.14. The summed E-state index contributed by atoms with van der Waals surface area (Å²) in [6, 6.07) is 7.25. The third kappa shape index (κ3) is 3.32. The van der Waals surface area contributed by atoms with Crippen LogP contribution >= 0.6 is 11.6 Å². The molecule has 0 bridgehead atoms. The van der Waals surface area contributed by atoms with Gasteiger partial charge < -0.3 is 10.1 Å². The normalized spacial score (nSPS) is 10.0. The van der Waals surface area contributed by atoms with Crippen LogP contribution in [0.5, 0.6) is 5.75 Å². The van der Waals surface area contributed by atoms with Crippen molar-refractivity contribution in [2.24, 2.45) is 0 Å². The molecule has 17 heavy (non-hydrogen) atoms. The molecule has 0 radical (unpaired) electrons. The number of hydrogen-bond donors (Lipinski definition) is 1. The Morgan fingerprint density at radius 3 is 2.82 bits per heavy atom. The summed E-state index contributed by atoms with van der Waals surface area (Å²) in [6.45, 7) is 0.372. The third-order valence-corrected chi connectivity index (χ3v) is 2.38. The molecule has 0 atom stereocenters. The van der Waals surface area contributed by atoms with E-state index >= 15 is 0 Å². The van der Waals surface area contributed by atoms with Crippen molar-refractivity contribution in [3.05, 3.63) is 47.4 Å². The molecule has 0 saturated heterocycles. The lowest BCUT2D eigenvalue weighted by atomic mass is 10.3. The summed E-state index contributed by atoms with van der Waals surface area (Å²) < 4.78 is 5.54. The maximum absolute atomic E-state index is 5.85. The lowest BCUT2D eigenvalue weighted by molar-refractivity contribution is 0.301. The molecule has 88 valence electrons. The van der Waals surface area contributed by atoms with Gasteiger partial charge in [0.15, 0.2) is 0 Å². The maximum atomic E-state index is 5.85. The molecule has 1 aromatic carbocycles. The first kappa shape index (κ1) is 11.7. The number of hydrogen-bond acceptors (Lipinski definition) is 4. The Labute approximate surface area is 105 Å². The number of anilines is 1. The minimum atomic E-state index is 0.372. The fourth-order valence-electron chi connectivity index (χ4n) is 1.27. The van der Waals surface area contributed by atoms with Gasteiger partial charge in [0.1, 0.15) is 18.2 Å². The van der Waals surface area contributed by atoms with Crippen molar-refractivity contribution in [2.45, 2.75) is 6.61 Å². The fraction of sp³-hybridized carbons (Fsp3) is 0.167. The zero-order valence-electron chi connectivity index (χ0n) is 9.35. The highest BCUT2D eigenvalue weighted by Crippen LogP contribution is 2.17. The molecule has 0 aliphatic rings. The first-order valence-electron chi connectivity index (χ1n) is 5.15. The average molecular weight is 250 g/mol. The molecule has 0 spiro atoms. The molecule has 0 aliphatic carbocycles. The summed E-state index contributed by atoms with van der Waals surface area (Å²) >= 11 is 5.85. The van der Waals surface area contributed by atoms with Crippen LogP contribution in [0.4, 0.5) is 5.82 Å². The molecule has 5 heteroatoms. The van der Waals surface area contributed by atoms with Crippen molar-refractivity contribution in [2.75, 3.05) is 12.4 Å². The predicted molar refractivity (Wildman–Crippen MR) is 67.4 cm³/mol. The van der Waals surface area contributed by atoms with Gasteiger partial charge in [0.25, 0.3) is 0 Å². The molecule has 2 aromatic rings. The first-order valence-corrected chi connectivity index (χ1v) is 5.53. The Morgan fingerprint density at radius 1 is 1.29 bits per heavy atom. The lowest BCUT2D eigenvalue weighted by Gasteiger charge is -2.06. The average Bonchev–Trinajstić information content (AvgIpc) is 2.37. The van der Waals surface area contributed by atoms with Crippen LogP contribution in [0.2, 0.25) is 5.02 Å². The van der Waals surface area contributed by atoms with E-state index in [0.717, 1.165) is 17.3 Å². The van der Waals surface area contributed by atoms with E-state index in [1.807, 2.05) is 12.1 Å². The molecule has 0 unspecified atom stereocenters. The molecule has 2 rings (SSSR count). The van der Waals surface area contributed by atoms with Gasteiger partial charge in [-0.25, -0.2) is 4.98 Å². The Kier molecular flexibility index (Phi) is 3.77. The van der Waals surface area contributed by atoms with Gasteiger partial charge in [-0.2, -0.15) is 0 Å². The monoisotopic (exact) mass is 249 g/mol. The Balaban J connectivity index is 1.97. The topological polar surface area (TPSA) is 47.0 Å². The number of nitrogens with zero attached hydrogens (tertiary/aromatic N) is 2. The SMILES string of the molecule is CNc1cnc(COc2cccc(Cl)c2)cn1. The largest absolute Gasteiger partial charge is 0.487 e. The van der Waals surface area contributed by atoms with Gasteiger partial charge in [-0.05, 0) is 18.2 Å². The predicted octanol–water partition coefficient (Wildman–Crippen LogP) is 2.75. The van der Waals surface area contributed by atoms with Crippen molar-refractivity contribution in [1.82, 2.24) is 9.97 Å². The molecule has 1 heterocycles. The number of benzene rings is 1. The van der Waals surface area contributed by atoms with E-state index in [-0.39, 0.29) is 0 Å². The quantitative estimate of drug-likeness (QED) is 0.905. The summed E-state index contributed by atoms with van der Waals surface area (Å²) in [7, 11) is 1.80. The van der Waals surface area contributed by atoms with Crippen LogP contribution in [-0.4, -0.2) is 17.0 Å². The Hall–Kier alpha value is -1.81. The number of ether oxygens (including phenoxy) is 1. The van der Waals surface area contributed by atoms with Gasteiger partial charge in [0.05, 0.1) is 18.1 Å². The Morgan fingerprint density at radius 2 is 2.18 bits per heavy atom. The summed E-state index contributed by atoms with van der Waals surface area (Å²) in [6.07, 6.45) is 3.34. The Bertz CT molecular complexity index is 487. The summed E-state index contributed by atoms with van der Waals surface area (Å²) in [5.41, 5.74) is 0.768. The molecule has 1 N–H and O–H groups in total. The van der Waals surface area contributed by atoms with Gasteiger partial charge >= 0.3 is 0 Å². The highest BCUT2D eigenvalue weighted by atomic mass is 35.5. The molecule has 0 amide bonds. The van der Waals surface area contributed by atoms with E-state index < -0.39 is 0 Å². The maximum Gasteiger partial charge on any atom is 0.144 e. The molecule has 0 aliphatic heterocycles. The lowest BCUT2D eigenvalue weighted by Crippen LogP contribution is -2.00. The van der Waals surface area contributed by atoms with Gasteiger partial charge in [0, 0.05) is 12.1 Å². The molecule has 1 aromatic heterocycles. The van der Waals surface area contributed by atoms with Crippen LogP contribution in [0, 0.1) is 0 Å². The minimum Gasteiger partial charge on any atom is -0.487 e. The van der Waals surface area contributed by atoms with Crippen LogP contribution in [0.3, 0.4) is 0 Å². The second kappa shape index (κ2) is 5.50. The second-order valence-corrected chi connectivity index (χ2v) is 3.83. The summed E-state index contributed by atoms with van der Waals surface area (Å²) in [5, 5.41) is 3.56. The van der Waals surface area contributed by atoms with Crippen molar-refractivity contribution in [3.63, 3.8) is 0 Å². The molecule has 0 fully saturated rings. The zero-order chi connectivity index (χ0) is 12.1. The van der Waals surface area contributed by atoms with Crippen LogP contribution in [0.15, 0.2) is 36.7 Å². The number of rotatable bonds is 4. The van der Waals surface area contributed by atoms with Gasteiger partial charge in [0.2, 0.25) is 0 Å².